The molecule has 1 aromatic heterocycles. The molecule has 0 aliphatic carbocycles. The predicted molar refractivity (Wildman–Crippen MR) is 65.2 cm³/mol. The van der Waals surface area contributed by atoms with Crippen molar-refractivity contribution in [2.24, 2.45) is 0 Å². The summed E-state index contributed by atoms with van der Waals surface area (Å²) in [5.41, 5.74) is 0.494. The summed E-state index contributed by atoms with van der Waals surface area (Å²) in [7, 11) is 1.23. The lowest BCUT2D eigenvalue weighted by molar-refractivity contribution is -0.139. The zero-order valence-corrected chi connectivity index (χ0v) is 12.0. The molecular formula is C10H9Br2F2NO2. The second-order valence-electron chi connectivity index (χ2n) is 3.15. The highest BCUT2D eigenvalue weighted by Gasteiger charge is 2.21. The van der Waals surface area contributed by atoms with E-state index in [0.29, 0.717) is 5.56 Å². The molecule has 7 heteroatoms. The monoisotopic (exact) mass is 371 g/mol. The number of hydrogen-bond acceptors (Lipinski definition) is 3. The molecule has 0 fully saturated rings. The lowest BCUT2D eigenvalue weighted by atomic mass is 10.1. The summed E-state index contributed by atoms with van der Waals surface area (Å²) in [5, 5.41) is 0.275. The highest BCUT2D eigenvalue weighted by Crippen LogP contribution is 2.33. The summed E-state index contributed by atoms with van der Waals surface area (Å²) in [6.07, 6.45) is -1.44. The number of aromatic nitrogens is 1. The molecule has 3 nitrogen and oxygen atoms in total. The summed E-state index contributed by atoms with van der Waals surface area (Å²) in [4.78, 5) is 15.1. The Morgan fingerprint density at radius 1 is 1.59 bits per heavy atom. The van der Waals surface area contributed by atoms with E-state index in [1.807, 2.05) is 0 Å². The molecule has 94 valence electrons. The van der Waals surface area contributed by atoms with Gasteiger partial charge >= 0.3 is 5.97 Å². The second kappa shape index (κ2) is 6.39. The molecule has 0 saturated heterocycles. The molecule has 0 unspecified atom stereocenters. The largest absolute Gasteiger partial charge is 0.469 e. The molecule has 17 heavy (non-hydrogen) atoms. The first-order valence-corrected chi connectivity index (χ1v) is 6.49. The van der Waals surface area contributed by atoms with Crippen LogP contribution in [-0.2, 0) is 21.3 Å². The Hall–Kier alpha value is -0.560. The highest BCUT2D eigenvalue weighted by molar-refractivity contribution is 9.10. The number of hydrogen-bond donors (Lipinski definition) is 0. The lowest BCUT2D eigenvalue weighted by Crippen LogP contribution is -2.09. The van der Waals surface area contributed by atoms with Crippen molar-refractivity contribution in [3.63, 3.8) is 0 Å². The number of halogens is 4. The Kier molecular flexibility index (Phi) is 5.45. The van der Waals surface area contributed by atoms with Gasteiger partial charge in [-0.2, -0.15) is 0 Å². The minimum absolute atomic E-state index is 0.140. The minimum atomic E-state index is -2.63. The van der Waals surface area contributed by atoms with Crippen LogP contribution in [0.25, 0.3) is 0 Å². The average molecular weight is 373 g/mol. The molecule has 0 atom stereocenters. The number of carbonyl (C=O) groups excluding carboxylic acids is 1. The van der Waals surface area contributed by atoms with Gasteiger partial charge in [0, 0.05) is 21.6 Å². The van der Waals surface area contributed by atoms with E-state index >= 15 is 0 Å². The highest BCUT2D eigenvalue weighted by atomic mass is 79.9. The maximum Gasteiger partial charge on any atom is 0.311 e. The average Bonchev–Trinajstić information content (AvgIpc) is 2.30. The molecule has 1 aromatic rings. The smallest absolute Gasteiger partial charge is 0.311 e. The Labute approximate surface area is 114 Å². The number of methoxy groups -OCH3 is 1. The van der Waals surface area contributed by atoms with E-state index < -0.39 is 12.4 Å². The second-order valence-corrected chi connectivity index (χ2v) is 4.50. The Morgan fingerprint density at radius 2 is 2.24 bits per heavy atom. The van der Waals surface area contributed by atoms with E-state index in [1.165, 1.54) is 13.3 Å². The maximum absolute atomic E-state index is 12.9. The predicted octanol–water partition coefficient (Wildman–Crippen LogP) is 3.39. The van der Waals surface area contributed by atoms with Crippen molar-refractivity contribution in [1.29, 1.82) is 0 Å². The molecule has 0 aromatic carbocycles. The Bertz CT molecular complexity index is 427. The molecule has 0 aliphatic rings. The van der Waals surface area contributed by atoms with Gasteiger partial charge in [-0.3, -0.25) is 9.78 Å². The summed E-state index contributed by atoms with van der Waals surface area (Å²) in [6.45, 7) is 0. The molecule has 0 bridgehead atoms. The van der Waals surface area contributed by atoms with Gasteiger partial charge in [-0.05, 0) is 21.5 Å². The fraction of sp³-hybridized carbons (Fsp3) is 0.400. The molecule has 1 heterocycles. The van der Waals surface area contributed by atoms with Gasteiger partial charge in [-0.1, -0.05) is 15.9 Å². The first-order valence-electron chi connectivity index (χ1n) is 4.58. The Morgan fingerprint density at radius 3 is 2.71 bits per heavy atom. The van der Waals surface area contributed by atoms with Crippen molar-refractivity contribution in [1.82, 2.24) is 4.98 Å². The fourth-order valence-corrected chi connectivity index (χ4v) is 2.37. The first-order chi connectivity index (χ1) is 8.01. The summed E-state index contributed by atoms with van der Waals surface area (Å²) in [6, 6.07) is 0. The van der Waals surface area contributed by atoms with Crippen LogP contribution in [0.1, 0.15) is 23.2 Å². The number of pyridine rings is 1. The van der Waals surface area contributed by atoms with Crippen LogP contribution in [0.2, 0.25) is 0 Å². The van der Waals surface area contributed by atoms with Gasteiger partial charge in [0.2, 0.25) is 0 Å². The van der Waals surface area contributed by atoms with E-state index in [1.54, 1.807) is 0 Å². The molecule has 1 rings (SSSR count). The molecule has 0 amide bonds. The first kappa shape index (κ1) is 14.5. The van der Waals surface area contributed by atoms with Crippen LogP contribution < -0.4 is 0 Å². The quantitative estimate of drug-likeness (QED) is 0.600. The van der Waals surface area contributed by atoms with Crippen LogP contribution in [0.15, 0.2) is 10.7 Å². The van der Waals surface area contributed by atoms with Crippen molar-refractivity contribution in [2.75, 3.05) is 7.11 Å². The van der Waals surface area contributed by atoms with Crippen LogP contribution >= 0.6 is 31.9 Å². The normalized spacial score (nSPS) is 10.7. The van der Waals surface area contributed by atoms with Gasteiger partial charge in [-0.25, -0.2) is 8.78 Å². The number of esters is 1. The SMILES string of the molecule is COC(=O)Cc1ncc(CBr)c(C(F)F)c1Br. The van der Waals surface area contributed by atoms with Crippen LogP contribution in [0, 0.1) is 0 Å². The van der Waals surface area contributed by atoms with Crippen LogP contribution in [0.4, 0.5) is 8.78 Å². The molecule has 0 radical (unpaired) electrons. The number of nitrogens with zero attached hydrogens (tertiary/aromatic N) is 1. The van der Waals surface area contributed by atoms with Crippen molar-refractivity contribution >= 4 is 37.8 Å². The van der Waals surface area contributed by atoms with Crippen LogP contribution in [0.3, 0.4) is 0 Å². The third-order valence-corrected chi connectivity index (χ3v) is 3.60. The molecule has 0 saturated carbocycles. The summed E-state index contributed by atoms with van der Waals surface area (Å²) < 4.78 is 30.4. The van der Waals surface area contributed by atoms with Gasteiger partial charge in [0.05, 0.1) is 19.2 Å². The van der Waals surface area contributed by atoms with Crippen molar-refractivity contribution < 1.29 is 18.3 Å². The number of alkyl halides is 3. The van der Waals surface area contributed by atoms with Gasteiger partial charge in [0.1, 0.15) is 0 Å². The van der Waals surface area contributed by atoms with E-state index in [0.717, 1.165) is 0 Å². The van der Waals surface area contributed by atoms with E-state index in [-0.39, 0.29) is 27.5 Å². The van der Waals surface area contributed by atoms with Gasteiger partial charge in [0.25, 0.3) is 6.43 Å². The standard InChI is InChI=1S/C10H9Br2F2NO2/c1-17-7(16)2-6-9(12)8(10(13)14)5(3-11)4-15-6/h4,10H,2-3H2,1H3. The zero-order chi connectivity index (χ0) is 13.0. The Balaban J connectivity index is 3.18. The van der Waals surface area contributed by atoms with Crippen molar-refractivity contribution in [3.8, 4) is 0 Å². The number of ether oxygens (including phenoxy) is 1. The lowest BCUT2D eigenvalue weighted by Gasteiger charge is -2.11. The minimum Gasteiger partial charge on any atom is -0.469 e. The van der Waals surface area contributed by atoms with E-state index in [2.05, 4.69) is 41.6 Å². The van der Waals surface area contributed by atoms with Gasteiger partial charge in [0.15, 0.2) is 0 Å². The van der Waals surface area contributed by atoms with Gasteiger partial charge in [-0.15, -0.1) is 0 Å². The van der Waals surface area contributed by atoms with Crippen LogP contribution in [-0.4, -0.2) is 18.1 Å². The summed E-state index contributed by atoms with van der Waals surface area (Å²) >= 11 is 6.17. The molecular weight excluding hydrogens is 364 g/mol. The maximum atomic E-state index is 12.9. The third-order valence-electron chi connectivity index (χ3n) is 2.11. The molecule has 0 aliphatic heterocycles. The summed E-state index contributed by atoms with van der Waals surface area (Å²) in [5.74, 6) is -0.523. The van der Waals surface area contributed by atoms with Crippen molar-refractivity contribution in [3.05, 3.63) is 27.5 Å². The van der Waals surface area contributed by atoms with Crippen molar-refractivity contribution in [2.45, 2.75) is 18.2 Å². The van der Waals surface area contributed by atoms with Gasteiger partial charge < -0.3 is 4.74 Å². The third kappa shape index (κ3) is 3.45. The molecule has 0 spiro atoms. The van der Waals surface area contributed by atoms with Crippen LogP contribution in [0.5, 0.6) is 0 Å². The topological polar surface area (TPSA) is 39.2 Å². The molecule has 0 N–H and O–H groups in total. The van der Waals surface area contributed by atoms with E-state index in [9.17, 15) is 13.6 Å². The fourth-order valence-electron chi connectivity index (χ4n) is 1.25. The number of rotatable bonds is 4. The number of carbonyl (C=O) groups is 1. The van der Waals surface area contributed by atoms with E-state index in [4.69, 9.17) is 0 Å². The zero-order valence-electron chi connectivity index (χ0n) is 8.84.